The molecule has 0 aromatic carbocycles. The van der Waals surface area contributed by atoms with Crippen molar-refractivity contribution in [2.24, 2.45) is 4.99 Å². The van der Waals surface area contributed by atoms with Crippen LogP contribution in [-0.2, 0) is 0 Å². The molecule has 0 bridgehead atoms. The van der Waals surface area contributed by atoms with Crippen LogP contribution in [0.4, 0.5) is 0 Å². The molecule has 0 aromatic rings. The van der Waals surface area contributed by atoms with E-state index in [-0.39, 0.29) is 6.42 Å². The van der Waals surface area contributed by atoms with E-state index in [1.165, 1.54) is 4.90 Å². The maximum absolute atomic E-state index is 8.71. The van der Waals surface area contributed by atoms with Gasteiger partial charge in [0.25, 0.3) is 0 Å². The number of aliphatic imine (C=N–C) groups is 1. The minimum Gasteiger partial charge on any atom is -0.271 e. The van der Waals surface area contributed by atoms with Crippen LogP contribution in [0.25, 0.3) is 0 Å². The number of amidine groups is 1. The Morgan fingerprint density at radius 2 is 2.08 bits per heavy atom. The maximum atomic E-state index is 8.71. The van der Waals surface area contributed by atoms with Crippen molar-refractivity contribution in [3.8, 4) is 12.3 Å². The maximum Gasteiger partial charge on any atom is 0.185 e. The Labute approximate surface area is 79.1 Å². The molecule has 0 heterocycles. The summed E-state index contributed by atoms with van der Waals surface area (Å²) in [6.07, 6.45) is 3.14. The van der Waals surface area contributed by atoms with Gasteiger partial charge in [0, 0.05) is 13.1 Å². The van der Waals surface area contributed by atoms with Crippen molar-refractivity contribution < 1.29 is 0 Å². The summed E-state index contributed by atoms with van der Waals surface area (Å²) < 4.78 is 0. The van der Waals surface area contributed by atoms with Crippen LogP contribution in [0, 0.1) is 22.8 Å². The molecule has 0 unspecified atom stereocenters. The fraction of sp³-hybridized carbons (Fsp3) is 0.667. The Kier molecular flexibility index (Phi) is 6.27. The first-order valence-corrected chi connectivity index (χ1v) is 4.37. The minimum absolute atomic E-state index is 0.210. The lowest BCUT2D eigenvalue weighted by molar-refractivity contribution is 0.595. The Bertz CT molecular complexity index is 243. The normalized spacial score (nSPS) is 10.3. The molecule has 70 valence electrons. The first kappa shape index (κ1) is 11.4. The lowest BCUT2D eigenvalue weighted by atomic mass is 10.3. The van der Waals surface area contributed by atoms with Gasteiger partial charge in [0.1, 0.15) is 5.84 Å². The van der Waals surface area contributed by atoms with Gasteiger partial charge in [-0.1, -0.05) is 6.92 Å². The second kappa shape index (κ2) is 7.12. The van der Waals surface area contributed by atoms with Crippen molar-refractivity contribution in [1.82, 2.24) is 4.90 Å². The molecule has 0 fully saturated rings. The van der Waals surface area contributed by atoms with Crippen LogP contribution in [0.3, 0.4) is 0 Å². The second-order valence-corrected chi connectivity index (χ2v) is 2.48. The molecular weight excluding hydrogens is 164 g/mol. The van der Waals surface area contributed by atoms with Gasteiger partial charge in [0.05, 0.1) is 12.5 Å². The zero-order valence-corrected chi connectivity index (χ0v) is 8.12. The summed E-state index contributed by atoms with van der Waals surface area (Å²) in [6, 6.07) is 2.00. The van der Waals surface area contributed by atoms with Crippen molar-refractivity contribution in [3.05, 3.63) is 0 Å². The molecular formula is C9H14N4. The second-order valence-electron chi connectivity index (χ2n) is 2.48. The zero-order chi connectivity index (χ0) is 10.1. The van der Waals surface area contributed by atoms with E-state index in [9.17, 15) is 0 Å². The van der Waals surface area contributed by atoms with Gasteiger partial charge in [0.2, 0.25) is 0 Å². The van der Waals surface area contributed by atoms with Gasteiger partial charge >= 0.3 is 0 Å². The number of hydrogen-bond donors (Lipinski definition) is 0. The fourth-order valence-electron chi connectivity index (χ4n) is 0.859. The summed E-state index contributed by atoms with van der Waals surface area (Å²) in [5.74, 6) is 0.578. The third-order valence-corrected chi connectivity index (χ3v) is 1.50. The van der Waals surface area contributed by atoms with Gasteiger partial charge < -0.3 is 0 Å². The largest absolute Gasteiger partial charge is 0.271 e. The number of nitrogens with zero attached hydrogens (tertiary/aromatic N) is 4. The molecule has 0 saturated carbocycles. The summed E-state index contributed by atoms with van der Waals surface area (Å²) >= 11 is 0. The molecule has 0 aliphatic carbocycles. The number of hydrogen-bond acceptors (Lipinski definition) is 3. The predicted octanol–water partition coefficient (Wildman–Crippen LogP) is 1.51. The molecule has 0 rings (SSSR count). The fourth-order valence-corrected chi connectivity index (χ4v) is 0.859. The Hall–Kier alpha value is -1.55. The average Bonchev–Trinajstić information content (AvgIpc) is 2.16. The monoisotopic (exact) mass is 178 g/mol. The van der Waals surface area contributed by atoms with Crippen LogP contribution < -0.4 is 0 Å². The van der Waals surface area contributed by atoms with Gasteiger partial charge in [-0.3, -0.25) is 9.89 Å². The molecule has 4 nitrogen and oxygen atoms in total. The van der Waals surface area contributed by atoms with E-state index in [0.29, 0.717) is 18.9 Å². The smallest absolute Gasteiger partial charge is 0.185 e. The lowest BCUT2D eigenvalue weighted by Gasteiger charge is -2.12. The van der Waals surface area contributed by atoms with Gasteiger partial charge in [-0.25, -0.2) is 0 Å². The molecule has 4 heteroatoms. The van der Waals surface area contributed by atoms with Gasteiger partial charge in [0.15, 0.2) is 6.19 Å². The third kappa shape index (κ3) is 4.12. The van der Waals surface area contributed by atoms with Crippen LogP contribution in [0.15, 0.2) is 4.99 Å². The van der Waals surface area contributed by atoms with Crippen LogP contribution >= 0.6 is 0 Å². The van der Waals surface area contributed by atoms with Gasteiger partial charge in [-0.05, 0) is 13.3 Å². The van der Waals surface area contributed by atoms with Crippen molar-refractivity contribution in [1.29, 1.82) is 10.5 Å². The summed E-state index contributed by atoms with van der Waals surface area (Å²) in [7, 11) is 0. The van der Waals surface area contributed by atoms with E-state index in [4.69, 9.17) is 10.5 Å². The highest BCUT2D eigenvalue weighted by Gasteiger charge is 2.06. The highest BCUT2D eigenvalue weighted by atomic mass is 15.2. The SMILES string of the molecule is CCCN=C(CC#N)N(C#N)CC. The molecule has 0 aromatic heterocycles. The van der Waals surface area contributed by atoms with Gasteiger partial charge in [-0.15, -0.1) is 0 Å². The summed E-state index contributed by atoms with van der Waals surface area (Å²) in [4.78, 5) is 5.61. The molecule has 0 aliphatic rings. The quantitative estimate of drug-likeness (QED) is 0.284. The van der Waals surface area contributed by atoms with E-state index in [1.54, 1.807) is 0 Å². The van der Waals surface area contributed by atoms with Crippen LogP contribution in [-0.4, -0.2) is 23.8 Å². The Morgan fingerprint density at radius 1 is 1.38 bits per heavy atom. The van der Waals surface area contributed by atoms with Crippen LogP contribution in [0.5, 0.6) is 0 Å². The Balaban J connectivity index is 4.41. The highest BCUT2D eigenvalue weighted by Crippen LogP contribution is 1.95. The van der Waals surface area contributed by atoms with E-state index in [2.05, 4.69) is 4.99 Å². The van der Waals surface area contributed by atoms with Crippen molar-refractivity contribution in [2.75, 3.05) is 13.1 Å². The Morgan fingerprint density at radius 3 is 2.46 bits per heavy atom. The van der Waals surface area contributed by atoms with E-state index in [0.717, 1.165) is 6.42 Å². The van der Waals surface area contributed by atoms with Gasteiger partial charge in [-0.2, -0.15) is 10.5 Å². The van der Waals surface area contributed by atoms with Crippen LogP contribution in [0.1, 0.15) is 26.7 Å². The topological polar surface area (TPSA) is 63.2 Å². The molecule has 0 N–H and O–H groups in total. The van der Waals surface area contributed by atoms with Crippen molar-refractivity contribution in [3.63, 3.8) is 0 Å². The molecule has 0 saturated heterocycles. The number of nitriles is 2. The van der Waals surface area contributed by atoms with Crippen molar-refractivity contribution in [2.45, 2.75) is 26.7 Å². The van der Waals surface area contributed by atoms with E-state index in [1.807, 2.05) is 26.1 Å². The summed E-state index contributed by atoms with van der Waals surface area (Å²) in [5, 5.41) is 17.2. The third-order valence-electron chi connectivity index (χ3n) is 1.50. The highest BCUT2D eigenvalue weighted by molar-refractivity contribution is 5.85. The van der Waals surface area contributed by atoms with E-state index >= 15 is 0 Å². The summed E-state index contributed by atoms with van der Waals surface area (Å²) in [5.41, 5.74) is 0. The molecule has 0 aliphatic heterocycles. The average molecular weight is 178 g/mol. The molecule has 0 atom stereocenters. The number of rotatable bonds is 4. The molecule has 0 radical (unpaired) electrons. The minimum atomic E-state index is 0.210. The summed E-state index contributed by atoms with van der Waals surface area (Å²) in [6.45, 7) is 5.12. The molecule has 0 amide bonds. The van der Waals surface area contributed by atoms with Crippen molar-refractivity contribution >= 4 is 5.84 Å². The van der Waals surface area contributed by atoms with Crippen LogP contribution in [0.2, 0.25) is 0 Å². The standard InChI is InChI=1S/C9H14N4/c1-3-7-12-9(5-6-10)13(4-2)8-11/h3-5,7H2,1-2H3. The first-order chi connectivity index (χ1) is 6.29. The lowest BCUT2D eigenvalue weighted by Crippen LogP contribution is -2.25. The zero-order valence-electron chi connectivity index (χ0n) is 8.12. The first-order valence-electron chi connectivity index (χ1n) is 4.37. The molecule has 0 spiro atoms. The molecule has 13 heavy (non-hydrogen) atoms. The van der Waals surface area contributed by atoms with E-state index < -0.39 is 0 Å². The predicted molar refractivity (Wildman–Crippen MR) is 50.8 cm³/mol.